The zero-order valence-electron chi connectivity index (χ0n) is 13.0. The fourth-order valence-corrected chi connectivity index (χ4v) is 2.69. The second-order valence-electron chi connectivity index (χ2n) is 5.22. The average molecular weight is 328 g/mol. The van der Waals surface area contributed by atoms with Crippen LogP contribution in [0.3, 0.4) is 0 Å². The molecule has 1 aliphatic heterocycles. The first-order valence-corrected chi connectivity index (χ1v) is 7.37. The molecule has 0 bridgehead atoms. The Morgan fingerprint density at radius 3 is 2.83 bits per heavy atom. The van der Waals surface area contributed by atoms with Gasteiger partial charge >= 0.3 is 0 Å². The first-order chi connectivity index (χ1) is 11.6. The van der Waals surface area contributed by atoms with Crippen molar-refractivity contribution in [2.45, 2.75) is 6.04 Å². The van der Waals surface area contributed by atoms with Crippen LogP contribution >= 0.6 is 0 Å². The van der Waals surface area contributed by atoms with E-state index in [0.29, 0.717) is 5.69 Å². The molecule has 0 saturated heterocycles. The Morgan fingerprint density at radius 1 is 1.38 bits per heavy atom. The van der Waals surface area contributed by atoms with Crippen molar-refractivity contribution in [3.63, 3.8) is 0 Å². The monoisotopic (exact) mass is 328 g/mol. The molecular formula is C17H16N2O5. The largest absolute Gasteiger partial charge is 0.503 e. The van der Waals surface area contributed by atoms with E-state index < -0.39 is 23.5 Å². The van der Waals surface area contributed by atoms with Crippen molar-refractivity contribution in [1.82, 2.24) is 9.88 Å². The molecule has 3 heterocycles. The van der Waals surface area contributed by atoms with Gasteiger partial charge in [0.15, 0.2) is 11.5 Å². The van der Waals surface area contributed by atoms with Gasteiger partial charge in [0, 0.05) is 19.9 Å². The molecule has 1 aliphatic rings. The van der Waals surface area contributed by atoms with Crippen LogP contribution in [0.25, 0.3) is 0 Å². The number of carbonyl (C=O) groups excluding carboxylic acids is 2. The highest BCUT2D eigenvalue weighted by Crippen LogP contribution is 2.37. The third-order valence-electron chi connectivity index (χ3n) is 3.80. The maximum Gasteiger partial charge on any atom is 0.290 e. The minimum Gasteiger partial charge on any atom is -0.503 e. The van der Waals surface area contributed by atoms with Crippen molar-refractivity contribution in [2.24, 2.45) is 0 Å². The van der Waals surface area contributed by atoms with Crippen molar-refractivity contribution < 1.29 is 23.8 Å². The number of hydrogen-bond donors (Lipinski definition) is 1. The number of ketones is 1. The molecule has 0 aliphatic carbocycles. The lowest BCUT2D eigenvalue weighted by Gasteiger charge is -2.25. The number of methoxy groups -OCH3 is 1. The normalized spacial score (nSPS) is 17.6. The van der Waals surface area contributed by atoms with Crippen molar-refractivity contribution in [3.8, 4) is 0 Å². The van der Waals surface area contributed by atoms with Gasteiger partial charge in [0.05, 0.1) is 24.1 Å². The van der Waals surface area contributed by atoms with Crippen molar-refractivity contribution in [1.29, 1.82) is 0 Å². The van der Waals surface area contributed by atoms with E-state index in [-0.39, 0.29) is 24.5 Å². The molecule has 0 saturated carbocycles. The molecule has 2 aromatic rings. The molecule has 7 heteroatoms. The Bertz CT molecular complexity index is 768. The molecule has 0 radical (unpaired) electrons. The van der Waals surface area contributed by atoms with Gasteiger partial charge in [-0.3, -0.25) is 14.6 Å². The number of furan rings is 1. The molecular weight excluding hydrogens is 312 g/mol. The van der Waals surface area contributed by atoms with Crippen LogP contribution in [0, 0.1) is 0 Å². The number of aromatic nitrogens is 1. The molecule has 0 aromatic carbocycles. The topological polar surface area (TPSA) is 92.9 Å². The highest BCUT2D eigenvalue weighted by atomic mass is 16.5. The van der Waals surface area contributed by atoms with Crippen molar-refractivity contribution >= 4 is 11.7 Å². The van der Waals surface area contributed by atoms with E-state index in [4.69, 9.17) is 9.15 Å². The van der Waals surface area contributed by atoms with E-state index >= 15 is 0 Å². The molecule has 1 atom stereocenters. The van der Waals surface area contributed by atoms with Gasteiger partial charge < -0.3 is 19.2 Å². The average Bonchev–Trinajstić information content (AvgIpc) is 3.22. The Kier molecular flexibility index (Phi) is 4.43. The van der Waals surface area contributed by atoms with Crippen LogP contribution in [0.1, 0.15) is 22.3 Å². The highest BCUT2D eigenvalue weighted by molar-refractivity contribution is 6.14. The van der Waals surface area contributed by atoms with Gasteiger partial charge in [-0.15, -0.1) is 0 Å². The molecule has 24 heavy (non-hydrogen) atoms. The lowest BCUT2D eigenvalue weighted by molar-refractivity contribution is -0.130. The predicted molar refractivity (Wildman–Crippen MR) is 83.3 cm³/mol. The van der Waals surface area contributed by atoms with Crippen LogP contribution in [0.15, 0.2) is 58.5 Å². The molecule has 1 N–H and O–H groups in total. The summed E-state index contributed by atoms with van der Waals surface area (Å²) in [6.45, 7) is 0.486. The second kappa shape index (κ2) is 6.67. The summed E-state index contributed by atoms with van der Waals surface area (Å²) in [5, 5.41) is 10.3. The number of nitrogens with zero attached hydrogens (tertiary/aromatic N) is 2. The number of hydrogen-bond acceptors (Lipinski definition) is 6. The third-order valence-corrected chi connectivity index (χ3v) is 3.80. The molecule has 0 spiro atoms. The Balaban J connectivity index is 2.06. The SMILES string of the molecule is COCCN1C(=O)C(O)=C(C(=O)c2ccco2)[C@@H]1c1ccccn1. The summed E-state index contributed by atoms with van der Waals surface area (Å²) < 4.78 is 10.1. The first-order valence-electron chi connectivity index (χ1n) is 7.37. The Labute approximate surface area is 138 Å². The van der Waals surface area contributed by atoms with Crippen LogP contribution in [-0.4, -0.2) is 46.9 Å². The fourth-order valence-electron chi connectivity index (χ4n) is 2.69. The summed E-state index contributed by atoms with van der Waals surface area (Å²) in [7, 11) is 1.51. The maximum absolute atomic E-state index is 12.7. The first kappa shape index (κ1) is 15.9. The van der Waals surface area contributed by atoms with E-state index in [1.54, 1.807) is 30.5 Å². The van der Waals surface area contributed by atoms with Crippen LogP contribution < -0.4 is 0 Å². The summed E-state index contributed by atoms with van der Waals surface area (Å²) >= 11 is 0. The second-order valence-corrected chi connectivity index (χ2v) is 5.22. The molecule has 2 aromatic heterocycles. The van der Waals surface area contributed by atoms with E-state index in [9.17, 15) is 14.7 Å². The number of aliphatic hydroxyl groups is 1. The standard InChI is InChI=1S/C17H16N2O5/c1-23-10-8-19-14(11-5-2-3-7-18-11)13(16(21)17(19)22)15(20)12-6-4-9-24-12/h2-7,9,14,21H,8,10H2,1H3/t14-/m0/s1. The van der Waals surface area contributed by atoms with Gasteiger partial charge in [-0.1, -0.05) is 6.07 Å². The summed E-state index contributed by atoms with van der Waals surface area (Å²) in [5.74, 6) is -1.69. The van der Waals surface area contributed by atoms with Crippen LogP contribution in [0.4, 0.5) is 0 Å². The van der Waals surface area contributed by atoms with Gasteiger partial charge in [0.25, 0.3) is 5.91 Å². The molecule has 1 amide bonds. The van der Waals surface area contributed by atoms with Crippen LogP contribution in [-0.2, 0) is 9.53 Å². The van der Waals surface area contributed by atoms with E-state index in [1.807, 2.05) is 0 Å². The fraction of sp³-hybridized carbons (Fsp3) is 0.235. The lowest BCUT2D eigenvalue weighted by atomic mass is 9.98. The zero-order chi connectivity index (χ0) is 17.1. The molecule has 0 fully saturated rings. The van der Waals surface area contributed by atoms with Gasteiger partial charge in [-0.25, -0.2) is 0 Å². The van der Waals surface area contributed by atoms with E-state index in [1.165, 1.54) is 24.3 Å². The summed E-state index contributed by atoms with van der Waals surface area (Å²) in [5.41, 5.74) is 0.450. The van der Waals surface area contributed by atoms with Crippen LogP contribution in [0.2, 0.25) is 0 Å². The highest BCUT2D eigenvalue weighted by Gasteiger charge is 2.44. The summed E-state index contributed by atoms with van der Waals surface area (Å²) in [6.07, 6.45) is 2.93. The molecule has 0 unspecified atom stereocenters. The number of ether oxygens (including phenoxy) is 1. The zero-order valence-corrected chi connectivity index (χ0v) is 13.0. The van der Waals surface area contributed by atoms with Gasteiger partial charge in [0.1, 0.15) is 6.04 Å². The quantitative estimate of drug-likeness (QED) is 0.814. The number of aliphatic hydroxyl groups excluding tert-OH is 1. The molecule has 7 nitrogen and oxygen atoms in total. The Morgan fingerprint density at radius 2 is 2.21 bits per heavy atom. The maximum atomic E-state index is 12.7. The van der Waals surface area contributed by atoms with Gasteiger partial charge in [-0.2, -0.15) is 0 Å². The number of carbonyl (C=O) groups is 2. The minimum atomic E-state index is -0.786. The number of pyridine rings is 1. The molecule has 3 rings (SSSR count). The smallest absolute Gasteiger partial charge is 0.290 e. The van der Waals surface area contributed by atoms with Crippen molar-refractivity contribution in [2.75, 3.05) is 20.3 Å². The van der Waals surface area contributed by atoms with E-state index in [0.717, 1.165) is 0 Å². The Hall–Kier alpha value is -2.93. The predicted octanol–water partition coefficient (Wildman–Crippen LogP) is 1.90. The van der Waals surface area contributed by atoms with Crippen molar-refractivity contribution in [3.05, 3.63) is 65.6 Å². The summed E-state index contributed by atoms with van der Waals surface area (Å²) in [6, 6.07) is 7.46. The van der Waals surface area contributed by atoms with E-state index in [2.05, 4.69) is 4.98 Å². The molecule has 124 valence electrons. The lowest BCUT2D eigenvalue weighted by Crippen LogP contribution is -2.34. The van der Waals surface area contributed by atoms with Gasteiger partial charge in [0.2, 0.25) is 5.78 Å². The summed E-state index contributed by atoms with van der Waals surface area (Å²) in [4.78, 5) is 30.8. The number of Topliss-reactive ketones (excluding diaryl/α,β-unsaturated/α-hetero) is 1. The third kappa shape index (κ3) is 2.69. The number of rotatable bonds is 6. The van der Waals surface area contributed by atoms with Crippen LogP contribution in [0.5, 0.6) is 0 Å². The number of amides is 1. The van der Waals surface area contributed by atoms with Gasteiger partial charge in [-0.05, 0) is 24.3 Å². The minimum absolute atomic E-state index is 0.0373.